The van der Waals surface area contributed by atoms with E-state index in [2.05, 4.69) is 63.3 Å². The molecule has 0 amide bonds. The molecule has 0 spiro atoms. The summed E-state index contributed by atoms with van der Waals surface area (Å²) in [7, 11) is 0. The number of ether oxygens (including phenoxy) is 1. The monoisotopic (exact) mass is 409 g/mol. The first-order chi connectivity index (χ1) is 15.2. The van der Waals surface area contributed by atoms with Crippen molar-refractivity contribution < 1.29 is 4.74 Å². The number of anilines is 1. The maximum atomic E-state index is 9.40. The Hall–Kier alpha value is -3.69. The summed E-state index contributed by atoms with van der Waals surface area (Å²) in [6, 6.07) is 18.6. The Morgan fingerprint density at radius 1 is 1.10 bits per heavy atom. The van der Waals surface area contributed by atoms with Crippen LogP contribution in [-0.4, -0.2) is 33.8 Å². The predicted octanol–water partition coefficient (Wildman–Crippen LogP) is 4.86. The van der Waals surface area contributed by atoms with Gasteiger partial charge in [0.25, 0.3) is 0 Å². The lowest BCUT2D eigenvalue weighted by Crippen LogP contribution is -2.28. The number of rotatable bonds is 4. The molecule has 1 aliphatic heterocycles. The average Bonchev–Trinajstić information content (AvgIpc) is 3.21. The Labute approximate surface area is 181 Å². The summed E-state index contributed by atoms with van der Waals surface area (Å²) in [5.74, 6) is 0.820. The molecule has 6 nitrogen and oxygen atoms in total. The van der Waals surface area contributed by atoms with Crippen LogP contribution in [0.2, 0.25) is 0 Å². The van der Waals surface area contributed by atoms with Crippen molar-refractivity contribution in [3.63, 3.8) is 0 Å². The molecule has 31 heavy (non-hydrogen) atoms. The van der Waals surface area contributed by atoms with Gasteiger partial charge in [-0.05, 0) is 55.2 Å². The molecule has 1 fully saturated rings. The van der Waals surface area contributed by atoms with E-state index in [1.54, 1.807) is 6.33 Å². The van der Waals surface area contributed by atoms with Gasteiger partial charge in [-0.2, -0.15) is 5.26 Å². The van der Waals surface area contributed by atoms with E-state index >= 15 is 0 Å². The van der Waals surface area contributed by atoms with Crippen LogP contribution in [-0.2, 0) is 4.74 Å². The second-order valence-electron chi connectivity index (χ2n) is 7.90. The Kier molecular flexibility index (Phi) is 5.11. The maximum absolute atomic E-state index is 9.40. The number of benzene rings is 2. The van der Waals surface area contributed by atoms with E-state index < -0.39 is 0 Å². The third kappa shape index (κ3) is 3.76. The predicted molar refractivity (Wildman–Crippen MR) is 121 cm³/mol. The van der Waals surface area contributed by atoms with Gasteiger partial charge in [-0.3, -0.25) is 0 Å². The fraction of sp³-hybridized carbons (Fsp3) is 0.240. The van der Waals surface area contributed by atoms with Crippen LogP contribution in [0.5, 0.6) is 0 Å². The minimum Gasteiger partial charge on any atom is -0.381 e. The molecule has 2 aromatic carbocycles. The molecule has 4 aromatic rings. The number of hydrogen-bond donors (Lipinski definition) is 1. The molecule has 6 heteroatoms. The van der Waals surface area contributed by atoms with Crippen LogP contribution in [0.4, 0.5) is 5.82 Å². The average molecular weight is 409 g/mol. The van der Waals surface area contributed by atoms with E-state index in [-0.39, 0.29) is 0 Å². The minimum atomic E-state index is 0.312. The zero-order chi connectivity index (χ0) is 21.2. The van der Waals surface area contributed by atoms with E-state index in [0.717, 1.165) is 59.7 Å². The molecule has 1 saturated heterocycles. The molecule has 1 N–H and O–H groups in total. The standard InChI is InChI=1S/C25H23N5O/c1-17-4-2-7-21(12-17)30-15-22(19-6-3-5-18(13-19)14-26)23-24(27-16-28-25(23)30)29-20-8-10-31-11-9-20/h2-7,12-13,15-16,20H,8-11H2,1H3,(H,27,28,29). The topological polar surface area (TPSA) is 75.8 Å². The van der Waals surface area contributed by atoms with Crippen LogP contribution in [0.25, 0.3) is 27.8 Å². The van der Waals surface area contributed by atoms with Gasteiger partial charge in [0.15, 0.2) is 5.65 Å². The van der Waals surface area contributed by atoms with Gasteiger partial charge >= 0.3 is 0 Å². The SMILES string of the molecule is Cc1cccc(-n2cc(-c3cccc(C#N)c3)c3c(NC4CCOCC4)ncnc32)c1. The van der Waals surface area contributed by atoms with Crippen LogP contribution in [0.15, 0.2) is 61.1 Å². The van der Waals surface area contributed by atoms with E-state index in [1.807, 2.05) is 24.3 Å². The second kappa shape index (κ2) is 8.21. The summed E-state index contributed by atoms with van der Waals surface area (Å²) in [6.07, 6.45) is 5.61. The van der Waals surface area contributed by atoms with Gasteiger partial charge in [-0.25, -0.2) is 9.97 Å². The molecule has 0 aliphatic carbocycles. The van der Waals surface area contributed by atoms with Crippen LogP contribution in [0, 0.1) is 18.3 Å². The number of hydrogen-bond acceptors (Lipinski definition) is 5. The van der Waals surface area contributed by atoms with Crippen LogP contribution in [0.3, 0.4) is 0 Å². The third-order valence-electron chi connectivity index (χ3n) is 5.73. The van der Waals surface area contributed by atoms with Gasteiger partial charge in [-0.1, -0.05) is 24.3 Å². The first-order valence-corrected chi connectivity index (χ1v) is 10.5. The summed E-state index contributed by atoms with van der Waals surface area (Å²) in [5, 5.41) is 14.0. The molecule has 154 valence electrons. The molecular weight excluding hydrogens is 386 g/mol. The summed E-state index contributed by atoms with van der Waals surface area (Å²) in [6.45, 7) is 3.60. The summed E-state index contributed by atoms with van der Waals surface area (Å²) in [4.78, 5) is 9.26. The molecule has 0 saturated carbocycles. The van der Waals surface area contributed by atoms with Crippen molar-refractivity contribution in [2.45, 2.75) is 25.8 Å². The number of nitrogens with one attached hydrogen (secondary N) is 1. The molecule has 2 aromatic heterocycles. The first-order valence-electron chi connectivity index (χ1n) is 10.5. The number of aromatic nitrogens is 3. The lowest BCUT2D eigenvalue weighted by Gasteiger charge is -2.24. The smallest absolute Gasteiger partial charge is 0.150 e. The van der Waals surface area contributed by atoms with Gasteiger partial charge in [0.05, 0.1) is 17.0 Å². The highest BCUT2D eigenvalue weighted by molar-refractivity contribution is 6.02. The van der Waals surface area contributed by atoms with Crippen molar-refractivity contribution >= 4 is 16.9 Å². The van der Waals surface area contributed by atoms with Gasteiger partial charge in [-0.15, -0.1) is 0 Å². The number of nitriles is 1. The van der Waals surface area contributed by atoms with Crippen LogP contribution >= 0.6 is 0 Å². The maximum Gasteiger partial charge on any atom is 0.150 e. The van der Waals surface area contributed by atoms with Crippen LogP contribution < -0.4 is 5.32 Å². The van der Waals surface area contributed by atoms with Crippen molar-refractivity contribution in [2.75, 3.05) is 18.5 Å². The van der Waals surface area contributed by atoms with Crippen molar-refractivity contribution in [1.29, 1.82) is 5.26 Å². The van der Waals surface area contributed by atoms with Gasteiger partial charge in [0.1, 0.15) is 12.1 Å². The molecule has 1 aliphatic rings. The zero-order valence-corrected chi connectivity index (χ0v) is 17.4. The van der Waals surface area contributed by atoms with E-state index in [1.165, 1.54) is 5.56 Å². The van der Waals surface area contributed by atoms with Crippen LogP contribution in [0.1, 0.15) is 24.0 Å². The Bertz CT molecular complexity index is 1280. The second-order valence-corrected chi connectivity index (χ2v) is 7.90. The Balaban J connectivity index is 1.72. The highest BCUT2D eigenvalue weighted by Gasteiger charge is 2.21. The van der Waals surface area contributed by atoms with Crippen molar-refractivity contribution in [3.05, 3.63) is 72.2 Å². The summed E-state index contributed by atoms with van der Waals surface area (Å²) in [5.41, 5.74) is 5.67. The molecular formula is C25H23N5O. The van der Waals surface area contributed by atoms with Crippen molar-refractivity contribution in [1.82, 2.24) is 14.5 Å². The molecule has 5 rings (SSSR count). The van der Waals surface area contributed by atoms with Gasteiger partial charge < -0.3 is 14.6 Å². The summed E-state index contributed by atoms with van der Waals surface area (Å²) < 4.78 is 7.61. The Morgan fingerprint density at radius 3 is 2.74 bits per heavy atom. The molecule has 0 atom stereocenters. The largest absolute Gasteiger partial charge is 0.381 e. The molecule has 0 radical (unpaired) electrons. The van der Waals surface area contributed by atoms with Crippen molar-refractivity contribution in [3.8, 4) is 22.9 Å². The Morgan fingerprint density at radius 2 is 1.94 bits per heavy atom. The van der Waals surface area contributed by atoms with E-state index in [4.69, 9.17) is 4.74 Å². The van der Waals surface area contributed by atoms with E-state index in [0.29, 0.717) is 11.6 Å². The molecule has 0 unspecified atom stereocenters. The van der Waals surface area contributed by atoms with Crippen molar-refractivity contribution in [2.24, 2.45) is 0 Å². The van der Waals surface area contributed by atoms with E-state index in [9.17, 15) is 5.26 Å². The minimum absolute atomic E-state index is 0.312. The fourth-order valence-electron chi connectivity index (χ4n) is 4.16. The zero-order valence-electron chi connectivity index (χ0n) is 17.4. The number of nitrogens with zero attached hydrogens (tertiary/aromatic N) is 4. The lowest BCUT2D eigenvalue weighted by atomic mass is 10.0. The third-order valence-corrected chi connectivity index (χ3v) is 5.73. The first kappa shape index (κ1) is 19.3. The highest BCUT2D eigenvalue weighted by Crippen LogP contribution is 2.36. The lowest BCUT2D eigenvalue weighted by molar-refractivity contribution is 0.0904. The van der Waals surface area contributed by atoms with Gasteiger partial charge in [0.2, 0.25) is 0 Å². The van der Waals surface area contributed by atoms with Gasteiger partial charge in [0, 0.05) is 36.7 Å². The number of fused-ring (bicyclic) bond motifs is 1. The molecule has 0 bridgehead atoms. The summed E-state index contributed by atoms with van der Waals surface area (Å²) >= 11 is 0. The number of aryl methyl sites for hydroxylation is 1. The molecule has 3 heterocycles. The normalized spacial score (nSPS) is 14.5. The quantitative estimate of drug-likeness (QED) is 0.521. The highest BCUT2D eigenvalue weighted by atomic mass is 16.5. The fourth-order valence-corrected chi connectivity index (χ4v) is 4.16.